The highest BCUT2D eigenvalue weighted by atomic mass is 32.2. The van der Waals surface area contributed by atoms with E-state index in [4.69, 9.17) is 0 Å². The van der Waals surface area contributed by atoms with E-state index in [1.54, 1.807) is 48.5 Å². The van der Waals surface area contributed by atoms with E-state index < -0.39 is 20.8 Å². The van der Waals surface area contributed by atoms with Gasteiger partial charge in [0.15, 0.2) is 0 Å². The molecule has 2 aromatic carbocycles. The fourth-order valence-electron chi connectivity index (χ4n) is 2.30. The second kappa shape index (κ2) is 6.37. The number of nitrogens with zero attached hydrogens (tertiary/aromatic N) is 1. The minimum absolute atomic E-state index is 0.173. The molecule has 4 nitrogen and oxygen atoms in total. The molecule has 1 unspecified atom stereocenters. The van der Waals surface area contributed by atoms with E-state index in [0.29, 0.717) is 4.90 Å². The molecular formula is C18H17NO3S2. The second-order valence-corrected chi connectivity index (χ2v) is 8.78. The maximum atomic E-state index is 12.8. The predicted molar refractivity (Wildman–Crippen MR) is 94.0 cm³/mol. The van der Waals surface area contributed by atoms with Gasteiger partial charge in [-0.05, 0) is 50.2 Å². The van der Waals surface area contributed by atoms with Crippen LogP contribution in [0, 0.1) is 13.8 Å². The van der Waals surface area contributed by atoms with Crippen LogP contribution in [0.1, 0.15) is 11.1 Å². The summed E-state index contributed by atoms with van der Waals surface area (Å²) in [5.74, 6) is 0. The van der Waals surface area contributed by atoms with Crippen molar-refractivity contribution in [2.75, 3.05) is 0 Å². The molecule has 0 N–H and O–H groups in total. The lowest BCUT2D eigenvalue weighted by Gasteiger charge is -2.11. The SMILES string of the molecule is Cc1ccc(S(=O)c2cccn2S(=O)(=O)c2ccc(C)cc2)cc1. The Bertz CT molecular complexity index is 986. The lowest BCUT2D eigenvalue weighted by Crippen LogP contribution is -2.15. The summed E-state index contributed by atoms with van der Waals surface area (Å²) in [5, 5.41) is 0.236. The summed E-state index contributed by atoms with van der Waals surface area (Å²) in [6.45, 7) is 3.83. The normalized spacial score (nSPS) is 12.9. The Balaban J connectivity index is 2.05. The number of benzene rings is 2. The quantitative estimate of drug-likeness (QED) is 0.716. The minimum atomic E-state index is -3.78. The lowest BCUT2D eigenvalue weighted by molar-refractivity contribution is 0.582. The fraction of sp³-hybridized carbons (Fsp3) is 0.111. The molecule has 0 aliphatic rings. The van der Waals surface area contributed by atoms with Gasteiger partial charge >= 0.3 is 0 Å². The summed E-state index contributed by atoms with van der Waals surface area (Å²) < 4.78 is 39.6. The lowest BCUT2D eigenvalue weighted by atomic mass is 10.2. The second-order valence-electron chi connectivity index (χ2n) is 5.54. The zero-order valence-electron chi connectivity index (χ0n) is 13.3. The van der Waals surface area contributed by atoms with Crippen molar-refractivity contribution >= 4 is 20.8 Å². The third kappa shape index (κ3) is 3.07. The zero-order valence-corrected chi connectivity index (χ0v) is 15.0. The van der Waals surface area contributed by atoms with Gasteiger partial charge in [-0.25, -0.2) is 16.6 Å². The molecule has 0 spiro atoms. The third-order valence-corrected chi connectivity index (χ3v) is 6.91. The first-order valence-corrected chi connectivity index (χ1v) is 9.96. The minimum Gasteiger partial charge on any atom is -0.247 e. The van der Waals surface area contributed by atoms with E-state index >= 15 is 0 Å². The summed E-state index contributed by atoms with van der Waals surface area (Å²) in [7, 11) is -5.36. The summed E-state index contributed by atoms with van der Waals surface area (Å²) in [6, 6.07) is 17.0. The van der Waals surface area contributed by atoms with Crippen LogP contribution in [0.2, 0.25) is 0 Å². The van der Waals surface area contributed by atoms with Crippen LogP contribution < -0.4 is 0 Å². The molecule has 0 fully saturated rings. The first-order chi connectivity index (χ1) is 11.4. The highest BCUT2D eigenvalue weighted by Gasteiger charge is 2.22. The first-order valence-electron chi connectivity index (χ1n) is 7.37. The summed E-state index contributed by atoms with van der Waals surface area (Å²) in [6.07, 6.45) is 1.43. The van der Waals surface area contributed by atoms with Crippen LogP contribution in [0.3, 0.4) is 0 Å². The molecule has 1 atom stereocenters. The van der Waals surface area contributed by atoms with Gasteiger partial charge in [-0.3, -0.25) is 0 Å². The van der Waals surface area contributed by atoms with E-state index in [9.17, 15) is 12.6 Å². The van der Waals surface area contributed by atoms with Gasteiger partial charge in [0.25, 0.3) is 10.0 Å². The van der Waals surface area contributed by atoms with E-state index in [0.717, 1.165) is 15.1 Å². The highest BCUT2D eigenvalue weighted by Crippen LogP contribution is 2.23. The molecule has 0 saturated heterocycles. The first kappa shape index (κ1) is 16.7. The fourth-order valence-corrected chi connectivity index (χ4v) is 5.08. The van der Waals surface area contributed by atoms with Crippen molar-refractivity contribution in [2.24, 2.45) is 0 Å². The van der Waals surface area contributed by atoms with Crippen molar-refractivity contribution in [2.45, 2.75) is 28.7 Å². The topological polar surface area (TPSA) is 56.1 Å². The third-order valence-electron chi connectivity index (χ3n) is 3.68. The molecule has 1 aromatic heterocycles. The van der Waals surface area contributed by atoms with Crippen molar-refractivity contribution in [3.8, 4) is 0 Å². The molecule has 3 aromatic rings. The molecule has 24 heavy (non-hydrogen) atoms. The van der Waals surface area contributed by atoms with Gasteiger partial charge < -0.3 is 0 Å². The summed E-state index contributed by atoms with van der Waals surface area (Å²) in [4.78, 5) is 0.742. The van der Waals surface area contributed by atoms with Crippen LogP contribution in [-0.2, 0) is 20.8 Å². The molecule has 124 valence electrons. The Morgan fingerprint density at radius 1 is 0.833 bits per heavy atom. The van der Waals surface area contributed by atoms with E-state index in [1.807, 2.05) is 26.0 Å². The zero-order chi connectivity index (χ0) is 17.3. The van der Waals surface area contributed by atoms with Crippen LogP contribution in [0.4, 0.5) is 0 Å². The maximum Gasteiger partial charge on any atom is 0.268 e. The standard InChI is InChI=1S/C18H17NO3S2/c1-14-5-9-16(10-6-14)23(20)18-4-3-13-19(18)24(21,22)17-11-7-15(2)8-12-17/h3-13H,1-2H3. The molecule has 0 aliphatic heterocycles. The van der Waals surface area contributed by atoms with Crippen LogP contribution in [0.15, 0.2) is 81.7 Å². The monoisotopic (exact) mass is 359 g/mol. The van der Waals surface area contributed by atoms with Crippen molar-refractivity contribution in [1.82, 2.24) is 3.97 Å². The maximum absolute atomic E-state index is 12.8. The molecule has 3 rings (SSSR count). The highest BCUT2D eigenvalue weighted by molar-refractivity contribution is 7.91. The van der Waals surface area contributed by atoms with Gasteiger partial charge in [0.1, 0.15) is 15.8 Å². The molecule has 0 amide bonds. The molecule has 0 saturated carbocycles. The van der Waals surface area contributed by atoms with Gasteiger partial charge in [-0.2, -0.15) is 0 Å². The summed E-state index contributed by atoms with van der Waals surface area (Å²) >= 11 is 0. The van der Waals surface area contributed by atoms with E-state index in [-0.39, 0.29) is 9.92 Å². The Morgan fingerprint density at radius 3 is 1.96 bits per heavy atom. The summed E-state index contributed by atoms with van der Waals surface area (Å²) in [5.41, 5.74) is 2.03. The van der Waals surface area contributed by atoms with Crippen molar-refractivity contribution in [1.29, 1.82) is 0 Å². The van der Waals surface area contributed by atoms with Crippen molar-refractivity contribution in [3.05, 3.63) is 78.0 Å². The number of hydrogen-bond donors (Lipinski definition) is 0. The van der Waals surface area contributed by atoms with Crippen LogP contribution in [0.5, 0.6) is 0 Å². The molecule has 6 heteroatoms. The van der Waals surface area contributed by atoms with Gasteiger partial charge in [-0.15, -0.1) is 0 Å². The van der Waals surface area contributed by atoms with Crippen LogP contribution in [0.25, 0.3) is 0 Å². The Hall–Kier alpha value is -2.18. The Morgan fingerprint density at radius 2 is 1.38 bits per heavy atom. The average Bonchev–Trinajstić information content (AvgIpc) is 3.06. The molecule has 0 radical (unpaired) electrons. The van der Waals surface area contributed by atoms with Crippen molar-refractivity contribution < 1.29 is 12.6 Å². The molecule has 0 bridgehead atoms. The van der Waals surface area contributed by atoms with Gasteiger partial charge in [0.05, 0.1) is 4.90 Å². The Kier molecular flexibility index (Phi) is 4.43. The van der Waals surface area contributed by atoms with Gasteiger partial charge in [0, 0.05) is 11.1 Å². The predicted octanol–water partition coefficient (Wildman–Crippen LogP) is 3.51. The van der Waals surface area contributed by atoms with E-state index in [2.05, 4.69) is 0 Å². The molecule has 0 aliphatic carbocycles. The van der Waals surface area contributed by atoms with Crippen LogP contribution >= 0.6 is 0 Å². The molecule has 1 heterocycles. The average molecular weight is 359 g/mol. The number of rotatable bonds is 4. The van der Waals surface area contributed by atoms with E-state index in [1.165, 1.54) is 6.20 Å². The van der Waals surface area contributed by atoms with Crippen LogP contribution in [-0.4, -0.2) is 16.6 Å². The smallest absolute Gasteiger partial charge is 0.247 e. The number of aryl methyl sites for hydroxylation is 2. The molecular weight excluding hydrogens is 342 g/mol. The number of aromatic nitrogens is 1. The largest absolute Gasteiger partial charge is 0.268 e. The van der Waals surface area contributed by atoms with Gasteiger partial charge in [-0.1, -0.05) is 35.4 Å². The number of hydrogen-bond acceptors (Lipinski definition) is 3. The van der Waals surface area contributed by atoms with Gasteiger partial charge in [0.2, 0.25) is 0 Å². The Labute approximate surface area is 144 Å². The van der Waals surface area contributed by atoms with Crippen molar-refractivity contribution in [3.63, 3.8) is 0 Å².